The Labute approximate surface area is 113 Å². The Kier molecular flexibility index (Phi) is 4.05. The first-order valence-electron chi connectivity index (χ1n) is 6.56. The van der Waals surface area contributed by atoms with E-state index in [0.29, 0.717) is 18.2 Å². The van der Waals surface area contributed by atoms with Gasteiger partial charge in [0.15, 0.2) is 0 Å². The van der Waals surface area contributed by atoms with Crippen LogP contribution in [0, 0.1) is 19.7 Å². The molecule has 0 fully saturated rings. The second kappa shape index (κ2) is 5.57. The quantitative estimate of drug-likeness (QED) is 0.892. The SMILES string of the molecule is Cc1cc(C)c(-c2ccoc2CNC(C)C)c(F)c1. The van der Waals surface area contributed by atoms with Gasteiger partial charge in [0.05, 0.1) is 12.8 Å². The van der Waals surface area contributed by atoms with E-state index in [-0.39, 0.29) is 5.82 Å². The zero-order valence-corrected chi connectivity index (χ0v) is 11.9. The first-order valence-corrected chi connectivity index (χ1v) is 6.56. The predicted molar refractivity (Wildman–Crippen MR) is 75.6 cm³/mol. The van der Waals surface area contributed by atoms with Crippen LogP contribution >= 0.6 is 0 Å². The van der Waals surface area contributed by atoms with Crippen LogP contribution in [0.1, 0.15) is 30.7 Å². The molecule has 0 spiro atoms. The first kappa shape index (κ1) is 13.8. The molecule has 2 aromatic rings. The van der Waals surface area contributed by atoms with Crippen molar-refractivity contribution in [2.45, 2.75) is 40.3 Å². The van der Waals surface area contributed by atoms with Crippen molar-refractivity contribution < 1.29 is 8.81 Å². The average molecular weight is 261 g/mol. The van der Waals surface area contributed by atoms with E-state index in [2.05, 4.69) is 19.2 Å². The van der Waals surface area contributed by atoms with Crippen LogP contribution in [0.2, 0.25) is 0 Å². The third-order valence-electron chi connectivity index (χ3n) is 3.12. The van der Waals surface area contributed by atoms with Gasteiger partial charge in [0, 0.05) is 17.2 Å². The normalized spacial score (nSPS) is 11.3. The summed E-state index contributed by atoms with van der Waals surface area (Å²) in [7, 11) is 0. The van der Waals surface area contributed by atoms with Crippen molar-refractivity contribution in [1.82, 2.24) is 5.32 Å². The molecule has 1 aromatic carbocycles. The summed E-state index contributed by atoms with van der Waals surface area (Å²) in [4.78, 5) is 0. The summed E-state index contributed by atoms with van der Waals surface area (Å²) in [5.41, 5.74) is 3.34. The smallest absolute Gasteiger partial charge is 0.131 e. The van der Waals surface area contributed by atoms with Gasteiger partial charge in [-0.25, -0.2) is 4.39 Å². The zero-order valence-electron chi connectivity index (χ0n) is 11.9. The van der Waals surface area contributed by atoms with E-state index >= 15 is 0 Å². The average Bonchev–Trinajstić information content (AvgIpc) is 2.73. The molecule has 0 saturated heterocycles. The van der Waals surface area contributed by atoms with Crippen LogP contribution < -0.4 is 5.32 Å². The maximum absolute atomic E-state index is 14.2. The molecule has 0 aliphatic heterocycles. The monoisotopic (exact) mass is 261 g/mol. The maximum Gasteiger partial charge on any atom is 0.131 e. The Morgan fingerprint density at radius 3 is 2.63 bits per heavy atom. The lowest BCUT2D eigenvalue weighted by Crippen LogP contribution is -2.21. The van der Waals surface area contributed by atoms with Crippen LogP contribution in [0.25, 0.3) is 11.1 Å². The van der Waals surface area contributed by atoms with Crippen molar-refractivity contribution >= 4 is 0 Å². The van der Waals surface area contributed by atoms with Crippen molar-refractivity contribution in [3.8, 4) is 11.1 Å². The minimum Gasteiger partial charge on any atom is -0.467 e. The van der Waals surface area contributed by atoms with E-state index < -0.39 is 0 Å². The molecule has 102 valence electrons. The number of furan rings is 1. The molecule has 0 unspecified atom stereocenters. The van der Waals surface area contributed by atoms with Crippen LogP contribution in [-0.2, 0) is 6.54 Å². The lowest BCUT2D eigenvalue weighted by Gasteiger charge is -2.11. The number of hydrogen-bond donors (Lipinski definition) is 1. The molecule has 0 atom stereocenters. The second-order valence-electron chi connectivity index (χ2n) is 5.23. The number of halogens is 1. The number of benzene rings is 1. The third kappa shape index (κ3) is 3.04. The molecule has 0 aliphatic carbocycles. The molecule has 2 nitrogen and oxygen atoms in total. The Hall–Kier alpha value is -1.61. The van der Waals surface area contributed by atoms with Gasteiger partial charge >= 0.3 is 0 Å². The van der Waals surface area contributed by atoms with Gasteiger partial charge in [-0.15, -0.1) is 0 Å². The van der Waals surface area contributed by atoms with Crippen LogP contribution in [0.5, 0.6) is 0 Å². The highest BCUT2D eigenvalue weighted by Gasteiger charge is 2.15. The van der Waals surface area contributed by atoms with Gasteiger partial charge in [0.1, 0.15) is 11.6 Å². The summed E-state index contributed by atoms with van der Waals surface area (Å²) in [5, 5.41) is 3.29. The Balaban J connectivity index is 2.40. The summed E-state index contributed by atoms with van der Waals surface area (Å²) < 4.78 is 19.7. The molecular weight excluding hydrogens is 241 g/mol. The Bertz CT molecular complexity index is 549. The fraction of sp³-hybridized carbons (Fsp3) is 0.375. The lowest BCUT2D eigenvalue weighted by molar-refractivity contribution is 0.466. The fourth-order valence-electron chi connectivity index (χ4n) is 2.25. The highest BCUT2D eigenvalue weighted by Crippen LogP contribution is 2.31. The minimum absolute atomic E-state index is 0.190. The fourth-order valence-corrected chi connectivity index (χ4v) is 2.25. The molecule has 0 saturated carbocycles. The van der Waals surface area contributed by atoms with Gasteiger partial charge < -0.3 is 9.73 Å². The molecule has 19 heavy (non-hydrogen) atoms. The van der Waals surface area contributed by atoms with Crippen LogP contribution in [0.4, 0.5) is 4.39 Å². The van der Waals surface area contributed by atoms with Gasteiger partial charge in [-0.3, -0.25) is 0 Å². The topological polar surface area (TPSA) is 25.2 Å². The largest absolute Gasteiger partial charge is 0.467 e. The van der Waals surface area contributed by atoms with E-state index in [1.807, 2.05) is 26.0 Å². The predicted octanol–water partition coefficient (Wildman–Crippen LogP) is 4.20. The van der Waals surface area contributed by atoms with Gasteiger partial charge in [-0.2, -0.15) is 0 Å². The molecule has 1 aromatic heterocycles. The molecule has 2 rings (SSSR count). The molecular formula is C16H20FNO. The number of rotatable bonds is 4. The highest BCUT2D eigenvalue weighted by atomic mass is 19.1. The number of aryl methyl sites for hydroxylation is 2. The van der Waals surface area contributed by atoms with Crippen molar-refractivity contribution in [3.05, 3.63) is 47.2 Å². The summed E-state index contributed by atoms with van der Waals surface area (Å²) >= 11 is 0. The molecule has 1 N–H and O–H groups in total. The zero-order chi connectivity index (χ0) is 14.0. The molecule has 0 aliphatic rings. The van der Waals surface area contributed by atoms with Gasteiger partial charge in [-0.1, -0.05) is 19.9 Å². The summed E-state index contributed by atoms with van der Waals surface area (Å²) in [6.07, 6.45) is 1.62. The number of nitrogens with one attached hydrogen (secondary N) is 1. The Morgan fingerprint density at radius 1 is 1.26 bits per heavy atom. The van der Waals surface area contributed by atoms with E-state index in [1.165, 1.54) is 0 Å². The van der Waals surface area contributed by atoms with Crippen molar-refractivity contribution in [1.29, 1.82) is 0 Å². The first-order chi connectivity index (χ1) is 8.99. The van der Waals surface area contributed by atoms with Gasteiger partial charge in [0.2, 0.25) is 0 Å². The molecule has 0 bridgehead atoms. The summed E-state index contributed by atoms with van der Waals surface area (Å²) in [6, 6.07) is 5.75. The molecule has 0 amide bonds. The summed E-state index contributed by atoms with van der Waals surface area (Å²) in [6.45, 7) is 8.57. The van der Waals surface area contributed by atoms with Crippen LogP contribution in [0.15, 0.2) is 28.9 Å². The lowest BCUT2D eigenvalue weighted by atomic mass is 9.98. The standard InChI is InChI=1S/C16H20FNO/c1-10(2)18-9-15-13(5-6-19-15)16-12(4)7-11(3)8-14(16)17/h5-8,10,18H,9H2,1-4H3. The van der Waals surface area contributed by atoms with E-state index in [9.17, 15) is 4.39 Å². The van der Waals surface area contributed by atoms with Crippen molar-refractivity contribution in [2.24, 2.45) is 0 Å². The van der Waals surface area contributed by atoms with Crippen molar-refractivity contribution in [3.63, 3.8) is 0 Å². The van der Waals surface area contributed by atoms with E-state index in [1.54, 1.807) is 12.3 Å². The van der Waals surface area contributed by atoms with Crippen molar-refractivity contribution in [2.75, 3.05) is 0 Å². The molecule has 3 heteroatoms. The van der Waals surface area contributed by atoms with Gasteiger partial charge in [0.25, 0.3) is 0 Å². The van der Waals surface area contributed by atoms with Crippen LogP contribution in [-0.4, -0.2) is 6.04 Å². The van der Waals surface area contributed by atoms with E-state index in [0.717, 1.165) is 22.5 Å². The molecule has 0 radical (unpaired) electrons. The van der Waals surface area contributed by atoms with Gasteiger partial charge in [-0.05, 0) is 37.1 Å². The molecule has 1 heterocycles. The number of hydrogen-bond acceptors (Lipinski definition) is 2. The Morgan fingerprint density at radius 2 is 2.00 bits per heavy atom. The second-order valence-corrected chi connectivity index (χ2v) is 5.23. The highest BCUT2D eigenvalue weighted by molar-refractivity contribution is 5.70. The van der Waals surface area contributed by atoms with Crippen LogP contribution in [0.3, 0.4) is 0 Å². The maximum atomic E-state index is 14.2. The summed E-state index contributed by atoms with van der Waals surface area (Å²) in [5.74, 6) is 0.587. The minimum atomic E-state index is -0.190. The van der Waals surface area contributed by atoms with E-state index in [4.69, 9.17) is 4.42 Å². The third-order valence-corrected chi connectivity index (χ3v) is 3.12.